The Morgan fingerprint density at radius 2 is 2.12 bits per heavy atom. The lowest BCUT2D eigenvalue weighted by Gasteiger charge is -2.16. The number of carbonyl (C=O) groups excluding carboxylic acids is 1. The zero-order valence-electron chi connectivity index (χ0n) is 14.0. The Kier molecular flexibility index (Phi) is 6.55. The van der Waals surface area contributed by atoms with Gasteiger partial charge in [0.25, 0.3) is 0 Å². The number of rotatable bonds is 7. The van der Waals surface area contributed by atoms with Gasteiger partial charge in [-0.3, -0.25) is 4.79 Å². The van der Waals surface area contributed by atoms with Gasteiger partial charge in [-0.05, 0) is 43.2 Å². The number of hydrogen-bond acceptors (Lipinski definition) is 5. The number of benzene rings is 1. The van der Waals surface area contributed by atoms with Gasteiger partial charge < -0.3 is 20.1 Å². The fourth-order valence-electron chi connectivity index (χ4n) is 2.54. The second-order valence-corrected chi connectivity index (χ2v) is 6.72. The molecule has 2 aromatic rings. The van der Waals surface area contributed by atoms with Gasteiger partial charge in [-0.15, -0.1) is 0 Å². The van der Waals surface area contributed by atoms with Crippen LogP contribution in [0.5, 0.6) is 5.75 Å². The Morgan fingerprint density at radius 1 is 1.27 bits per heavy atom. The average Bonchev–Trinajstić information content (AvgIpc) is 3.15. The first-order chi connectivity index (χ1) is 12.6. The molecule has 1 saturated heterocycles. The van der Waals surface area contributed by atoms with Gasteiger partial charge in [0, 0.05) is 17.8 Å². The van der Waals surface area contributed by atoms with Gasteiger partial charge in [0.05, 0.1) is 23.4 Å². The summed E-state index contributed by atoms with van der Waals surface area (Å²) >= 11 is 11.8. The minimum atomic E-state index is -0.245. The third kappa shape index (κ3) is 5.49. The standard InChI is InChI=1S/C18H19Cl2N3O3/c19-12-3-5-16(26-11-14-2-1-7-25-14)15(8-12)21-10-18(24)23-17-6-4-13(20)9-22-17/h3-6,8-9,14,21H,1-2,7,10-11H2,(H,22,23,24). The summed E-state index contributed by atoms with van der Waals surface area (Å²) in [5.74, 6) is 0.814. The van der Waals surface area contributed by atoms with Crippen molar-refractivity contribution in [2.75, 3.05) is 30.4 Å². The number of hydrogen-bond donors (Lipinski definition) is 2. The SMILES string of the molecule is O=C(CNc1cc(Cl)ccc1OCC1CCCO1)Nc1ccc(Cl)cn1. The van der Waals surface area contributed by atoms with Crippen molar-refractivity contribution >= 4 is 40.6 Å². The van der Waals surface area contributed by atoms with Crippen molar-refractivity contribution in [2.24, 2.45) is 0 Å². The Labute approximate surface area is 161 Å². The molecule has 1 aromatic heterocycles. The molecular weight excluding hydrogens is 377 g/mol. The molecule has 138 valence electrons. The van der Waals surface area contributed by atoms with Crippen LogP contribution >= 0.6 is 23.2 Å². The highest BCUT2D eigenvalue weighted by molar-refractivity contribution is 6.31. The molecule has 8 heteroatoms. The van der Waals surface area contributed by atoms with Crippen LogP contribution in [0.4, 0.5) is 11.5 Å². The van der Waals surface area contributed by atoms with E-state index in [1.54, 1.807) is 30.3 Å². The maximum absolute atomic E-state index is 12.1. The fourth-order valence-corrected chi connectivity index (χ4v) is 2.82. The molecule has 0 bridgehead atoms. The summed E-state index contributed by atoms with van der Waals surface area (Å²) in [4.78, 5) is 16.1. The maximum atomic E-state index is 12.1. The number of carbonyl (C=O) groups is 1. The lowest BCUT2D eigenvalue weighted by molar-refractivity contribution is -0.114. The first-order valence-corrected chi connectivity index (χ1v) is 9.05. The van der Waals surface area contributed by atoms with Gasteiger partial charge in [0.2, 0.25) is 5.91 Å². The van der Waals surface area contributed by atoms with E-state index in [1.165, 1.54) is 6.20 Å². The normalized spacial score (nSPS) is 16.3. The summed E-state index contributed by atoms with van der Waals surface area (Å²) < 4.78 is 11.4. The summed E-state index contributed by atoms with van der Waals surface area (Å²) in [7, 11) is 0. The predicted molar refractivity (Wildman–Crippen MR) is 102 cm³/mol. The summed E-state index contributed by atoms with van der Waals surface area (Å²) in [5, 5.41) is 6.79. The van der Waals surface area contributed by atoms with E-state index in [0.717, 1.165) is 19.4 Å². The molecule has 3 rings (SSSR count). The summed E-state index contributed by atoms with van der Waals surface area (Å²) in [6.45, 7) is 1.29. The number of nitrogens with one attached hydrogen (secondary N) is 2. The average molecular weight is 396 g/mol. The highest BCUT2D eigenvalue weighted by Crippen LogP contribution is 2.28. The van der Waals surface area contributed by atoms with E-state index < -0.39 is 0 Å². The Morgan fingerprint density at radius 3 is 2.85 bits per heavy atom. The molecule has 0 aliphatic carbocycles. The smallest absolute Gasteiger partial charge is 0.244 e. The molecule has 0 radical (unpaired) electrons. The zero-order valence-corrected chi connectivity index (χ0v) is 15.5. The molecule has 26 heavy (non-hydrogen) atoms. The van der Waals surface area contributed by atoms with Crippen LogP contribution in [0.15, 0.2) is 36.5 Å². The van der Waals surface area contributed by atoms with Crippen LogP contribution in [0.25, 0.3) is 0 Å². The third-order valence-corrected chi connectivity index (χ3v) is 4.28. The largest absolute Gasteiger partial charge is 0.489 e. The van der Waals surface area contributed by atoms with Crippen LogP contribution in [0.2, 0.25) is 10.0 Å². The van der Waals surface area contributed by atoms with E-state index in [9.17, 15) is 4.79 Å². The van der Waals surface area contributed by atoms with E-state index in [0.29, 0.717) is 33.9 Å². The van der Waals surface area contributed by atoms with E-state index in [4.69, 9.17) is 32.7 Å². The molecule has 1 fully saturated rings. The van der Waals surface area contributed by atoms with E-state index in [-0.39, 0.29) is 18.6 Å². The molecule has 1 unspecified atom stereocenters. The summed E-state index contributed by atoms with van der Waals surface area (Å²) in [5.41, 5.74) is 0.648. The predicted octanol–water partition coefficient (Wildman–Crippen LogP) is 4.00. The van der Waals surface area contributed by atoms with Gasteiger partial charge in [-0.1, -0.05) is 23.2 Å². The van der Waals surface area contributed by atoms with E-state index in [2.05, 4.69) is 15.6 Å². The van der Waals surface area contributed by atoms with Crippen molar-refractivity contribution in [1.82, 2.24) is 4.98 Å². The van der Waals surface area contributed by atoms with Crippen molar-refractivity contribution < 1.29 is 14.3 Å². The molecule has 1 aromatic carbocycles. The van der Waals surface area contributed by atoms with E-state index >= 15 is 0 Å². The number of halogens is 2. The topological polar surface area (TPSA) is 72.5 Å². The van der Waals surface area contributed by atoms with Gasteiger partial charge in [-0.25, -0.2) is 4.98 Å². The first kappa shape index (κ1) is 18.8. The van der Waals surface area contributed by atoms with Crippen molar-refractivity contribution in [2.45, 2.75) is 18.9 Å². The minimum absolute atomic E-state index is 0.0426. The third-order valence-electron chi connectivity index (χ3n) is 3.82. The molecule has 1 aliphatic heterocycles. The number of nitrogens with zero attached hydrogens (tertiary/aromatic N) is 1. The molecule has 0 spiro atoms. The van der Waals surface area contributed by atoms with E-state index in [1.807, 2.05) is 0 Å². The van der Waals surface area contributed by atoms with Crippen LogP contribution < -0.4 is 15.4 Å². The molecular formula is C18H19Cl2N3O3. The number of amides is 1. The number of aromatic nitrogens is 1. The van der Waals surface area contributed by atoms with Gasteiger partial charge in [0.15, 0.2) is 0 Å². The second-order valence-electron chi connectivity index (χ2n) is 5.85. The quantitative estimate of drug-likeness (QED) is 0.740. The van der Waals surface area contributed by atoms with Crippen molar-refractivity contribution in [3.63, 3.8) is 0 Å². The Bertz CT molecular complexity index is 750. The monoisotopic (exact) mass is 395 g/mol. The van der Waals surface area contributed by atoms with Crippen LogP contribution in [-0.2, 0) is 9.53 Å². The summed E-state index contributed by atoms with van der Waals surface area (Å²) in [6, 6.07) is 8.54. The molecule has 2 heterocycles. The lowest BCUT2D eigenvalue weighted by atomic mass is 10.2. The van der Waals surface area contributed by atoms with Crippen LogP contribution in [-0.4, -0.2) is 36.8 Å². The maximum Gasteiger partial charge on any atom is 0.244 e. The van der Waals surface area contributed by atoms with Gasteiger partial charge in [0.1, 0.15) is 18.2 Å². The zero-order chi connectivity index (χ0) is 18.4. The number of anilines is 2. The minimum Gasteiger partial charge on any atom is -0.489 e. The second kappa shape index (κ2) is 9.07. The van der Waals surface area contributed by atoms with Crippen LogP contribution in [0.3, 0.4) is 0 Å². The number of ether oxygens (including phenoxy) is 2. The molecule has 1 atom stereocenters. The molecule has 2 N–H and O–H groups in total. The molecule has 1 amide bonds. The van der Waals surface area contributed by atoms with Crippen molar-refractivity contribution in [1.29, 1.82) is 0 Å². The van der Waals surface area contributed by atoms with Gasteiger partial charge in [-0.2, -0.15) is 0 Å². The van der Waals surface area contributed by atoms with Crippen LogP contribution in [0.1, 0.15) is 12.8 Å². The highest BCUT2D eigenvalue weighted by Gasteiger charge is 2.17. The Hall–Kier alpha value is -2.02. The van der Waals surface area contributed by atoms with Crippen LogP contribution in [0, 0.1) is 0 Å². The Balaban J connectivity index is 1.56. The fraction of sp³-hybridized carbons (Fsp3) is 0.333. The van der Waals surface area contributed by atoms with Crippen molar-refractivity contribution in [3.8, 4) is 5.75 Å². The van der Waals surface area contributed by atoms with Crippen molar-refractivity contribution in [3.05, 3.63) is 46.6 Å². The molecule has 6 nitrogen and oxygen atoms in total. The number of pyridine rings is 1. The molecule has 0 saturated carbocycles. The lowest BCUT2D eigenvalue weighted by Crippen LogP contribution is -2.23. The first-order valence-electron chi connectivity index (χ1n) is 8.29. The summed E-state index contributed by atoms with van der Waals surface area (Å²) in [6.07, 6.45) is 3.63. The van der Waals surface area contributed by atoms with Gasteiger partial charge >= 0.3 is 0 Å². The highest BCUT2D eigenvalue weighted by atomic mass is 35.5. The molecule has 1 aliphatic rings.